The average Bonchev–Trinajstić information content (AvgIpc) is 3.01. The summed E-state index contributed by atoms with van der Waals surface area (Å²) < 4.78 is 34.3. The fourth-order valence-electron chi connectivity index (χ4n) is 7.58. The zero-order valence-corrected chi connectivity index (χ0v) is 24.6. The number of hydrogen-bond donors (Lipinski definition) is 10. The van der Waals surface area contributed by atoms with E-state index in [9.17, 15) is 51.1 Å². The monoisotopic (exact) mass is 641 g/mol. The number of ether oxygens (including phenoxy) is 6. The number of hydrogen-bond acceptors (Lipinski definition) is 15. The Labute approximate surface area is 254 Å². The van der Waals surface area contributed by atoms with E-state index in [-0.39, 0.29) is 18.8 Å². The molecule has 5 aliphatic rings. The van der Waals surface area contributed by atoms with E-state index < -0.39 is 123 Å². The molecule has 0 amide bonds. The van der Waals surface area contributed by atoms with E-state index >= 15 is 0 Å². The Kier molecular flexibility index (Phi) is 11.5. The predicted octanol–water partition coefficient (Wildman–Crippen LogP) is -5.03. The molecule has 0 bridgehead atoms. The standard InChI is InChI=1S/C28H48O16/c1-39-16-4-10(2-3-13(16)32)26-17(42-28-25(38)23(36)21(34)19(9-30)44-28)7-12-14(40-26)5-11(31)6-15(12)41-27-24(37)22(35)20(33)18(8-29)43-27/h10-38H,2-9H2,1H3/p+1/t10?,11?,12?,13?,14?,15?,16?,17?,18-,19-,20-,21-,22+,23+,24-,25-,26?,27-,28-/m1/s1. The molecule has 2 saturated carbocycles. The minimum atomic E-state index is -1.65. The van der Waals surface area contributed by atoms with Crippen molar-refractivity contribution >= 4 is 0 Å². The van der Waals surface area contributed by atoms with Crippen molar-refractivity contribution in [1.29, 1.82) is 0 Å². The van der Waals surface area contributed by atoms with Crippen molar-refractivity contribution in [3.8, 4) is 0 Å². The molecule has 0 aromatic rings. The van der Waals surface area contributed by atoms with Gasteiger partial charge in [0.05, 0.1) is 43.5 Å². The number of rotatable bonds is 8. The molecule has 3 heterocycles. The van der Waals surface area contributed by atoms with Crippen molar-refractivity contribution in [2.45, 2.75) is 143 Å². The normalized spacial score (nSPS) is 53.7. The van der Waals surface area contributed by atoms with Crippen molar-refractivity contribution in [2.24, 2.45) is 11.8 Å². The quantitative estimate of drug-likeness (QED) is 0.111. The Balaban J connectivity index is 1.39. The average molecular weight is 642 g/mol. The first kappa shape index (κ1) is 34.7. The van der Waals surface area contributed by atoms with Crippen LogP contribution in [0.25, 0.3) is 0 Å². The van der Waals surface area contributed by atoms with E-state index in [0.29, 0.717) is 25.7 Å². The lowest BCUT2D eigenvalue weighted by Crippen LogP contribution is -2.64. The fraction of sp³-hybridized carbons (Fsp3) is 1.00. The molecule has 19 atom stereocenters. The number of aliphatic hydroxyl groups excluding tert-OH is 10. The predicted molar refractivity (Wildman–Crippen MR) is 145 cm³/mol. The first-order valence-electron chi connectivity index (χ1n) is 15.5. The summed E-state index contributed by atoms with van der Waals surface area (Å²) >= 11 is 0. The van der Waals surface area contributed by atoms with Crippen LogP contribution in [0.15, 0.2) is 0 Å². The van der Waals surface area contributed by atoms with E-state index in [1.807, 2.05) is 0 Å². The van der Waals surface area contributed by atoms with Gasteiger partial charge in [0.15, 0.2) is 24.8 Å². The van der Waals surface area contributed by atoms with Crippen molar-refractivity contribution in [2.75, 3.05) is 20.3 Å². The van der Waals surface area contributed by atoms with Crippen LogP contribution in [0.5, 0.6) is 0 Å². The first-order chi connectivity index (χ1) is 21.0. The molecule has 9 unspecified atom stereocenters. The van der Waals surface area contributed by atoms with Gasteiger partial charge in [0.1, 0.15) is 54.9 Å². The van der Waals surface area contributed by atoms with E-state index in [1.54, 1.807) is 0 Å². The third kappa shape index (κ3) is 6.96. The smallest absolute Gasteiger partial charge is 0.187 e. The molecule has 5 fully saturated rings. The van der Waals surface area contributed by atoms with E-state index in [1.165, 1.54) is 7.11 Å². The number of aliphatic hydroxyl groups is 12. The SMILES string of the molecule is COC1CC(C2[OH+]C3CC(O)CC(O[C@@H]4O[C@H](CO)[C@@H](O)[C@H](O)[C@H]4O)C3CC2O[C@@H]2O[C@H](CO)[C@@H](O)[C@H](O)[C@H]2O)CCC1O. The molecule has 3 aliphatic heterocycles. The summed E-state index contributed by atoms with van der Waals surface area (Å²) in [6.45, 7) is -1.26. The first-order valence-corrected chi connectivity index (χ1v) is 15.5. The van der Waals surface area contributed by atoms with Crippen LogP contribution in [0.2, 0.25) is 0 Å². The zero-order chi connectivity index (χ0) is 31.9. The summed E-state index contributed by atoms with van der Waals surface area (Å²) in [6.07, 6.45) is -17.0. The van der Waals surface area contributed by atoms with Gasteiger partial charge in [-0.15, -0.1) is 0 Å². The molecule has 0 radical (unpaired) electrons. The van der Waals surface area contributed by atoms with Gasteiger partial charge in [0.2, 0.25) is 0 Å². The summed E-state index contributed by atoms with van der Waals surface area (Å²) in [5, 5.41) is 103. The topological polar surface area (TPSA) is 261 Å². The van der Waals surface area contributed by atoms with Crippen LogP contribution in [0.1, 0.15) is 38.5 Å². The molecule has 0 aromatic carbocycles. The fourth-order valence-corrected chi connectivity index (χ4v) is 7.58. The zero-order valence-electron chi connectivity index (χ0n) is 24.6. The highest BCUT2D eigenvalue weighted by Gasteiger charge is 2.56. The van der Waals surface area contributed by atoms with E-state index in [0.717, 1.165) is 0 Å². The van der Waals surface area contributed by atoms with E-state index in [4.69, 9.17) is 28.4 Å². The second-order valence-corrected chi connectivity index (χ2v) is 12.9. The summed E-state index contributed by atoms with van der Waals surface area (Å²) in [5.41, 5.74) is 0. The van der Waals surface area contributed by atoms with Crippen LogP contribution < -0.4 is 0 Å². The van der Waals surface area contributed by atoms with Crippen molar-refractivity contribution in [3.05, 3.63) is 0 Å². The number of methoxy groups -OCH3 is 1. The maximum absolute atomic E-state index is 10.8. The Morgan fingerprint density at radius 2 is 1.20 bits per heavy atom. The summed E-state index contributed by atoms with van der Waals surface area (Å²) in [4.78, 5) is 0. The lowest BCUT2D eigenvalue weighted by Gasteiger charge is -2.50. The molecule has 256 valence electrons. The van der Waals surface area contributed by atoms with Crippen LogP contribution in [0.3, 0.4) is 0 Å². The molecule has 0 spiro atoms. The molecule has 5 rings (SSSR count). The molecule has 16 heteroatoms. The van der Waals surface area contributed by atoms with Gasteiger partial charge in [-0.05, 0) is 25.7 Å². The van der Waals surface area contributed by atoms with Gasteiger partial charge in [-0.3, -0.25) is 0 Å². The minimum Gasteiger partial charge on any atom is -0.427 e. The Morgan fingerprint density at radius 1 is 0.636 bits per heavy atom. The third-order valence-electron chi connectivity index (χ3n) is 10.1. The lowest BCUT2D eigenvalue weighted by atomic mass is 9.72. The summed E-state index contributed by atoms with van der Waals surface area (Å²) in [7, 11) is 1.52. The molecule has 0 aromatic heterocycles. The highest BCUT2D eigenvalue weighted by atomic mass is 16.7. The van der Waals surface area contributed by atoms with Gasteiger partial charge < -0.3 is 79.5 Å². The third-order valence-corrected chi connectivity index (χ3v) is 10.1. The largest absolute Gasteiger partial charge is 0.427 e. The van der Waals surface area contributed by atoms with Crippen LogP contribution in [0, 0.1) is 11.8 Å². The van der Waals surface area contributed by atoms with Crippen LogP contribution in [-0.4, -0.2) is 180 Å². The van der Waals surface area contributed by atoms with Crippen LogP contribution in [-0.2, 0) is 23.7 Å². The van der Waals surface area contributed by atoms with Gasteiger partial charge in [0, 0.05) is 25.9 Å². The van der Waals surface area contributed by atoms with Crippen molar-refractivity contribution in [1.82, 2.24) is 0 Å². The van der Waals surface area contributed by atoms with Gasteiger partial charge in [-0.1, -0.05) is 0 Å². The second kappa shape index (κ2) is 14.6. The Morgan fingerprint density at radius 3 is 1.75 bits per heavy atom. The maximum Gasteiger partial charge on any atom is 0.187 e. The van der Waals surface area contributed by atoms with Crippen LogP contribution >= 0.6 is 0 Å². The summed E-state index contributed by atoms with van der Waals surface area (Å²) in [6, 6.07) is 0. The number of fused-ring (bicyclic) bond motifs is 1. The van der Waals surface area contributed by atoms with Gasteiger partial charge >= 0.3 is 0 Å². The van der Waals surface area contributed by atoms with Crippen LogP contribution in [0.4, 0.5) is 0 Å². The van der Waals surface area contributed by atoms with Gasteiger partial charge in [0.25, 0.3) is 0 Å². The molecular formula is C28H49O16+. The van der Waals surface area contributed by atoms with Crippen molar-refractivity contribution < 1.29 is 79.5 Å². The molecular weight excluding hydrogens is 592 g/mol. The molecule has 2 aliphatic carbocycles. The summed E-state index contributed by atoms with van der Waals surface area (Å²) in [5.74, 6) is -0.535. The highest BCUT2D eigenvalue weighted by Crippen LogP contribution is 2.44. The lowest BCUT2D eigenvalue weighted by molar-refractivity contribution is -0.367. The van der Waals surface area contributed by atoms with Gasteiger partial charge in [-0.2, -0.15) is 0 Å². The van der Waals surface area contributed by atoms with Crippen molar-refractivity contribution in [3.63, 3.8) is 0 Å². The second-order valence-electron chi connectivity index (χ2n) is 12.9. The molecule has 44 heavy (non-hydrogen) atoms. The molecule has 3 saturated heterocycles. The maximum atomic E-state index is 10.8. The molecule has 11 N–H and O–H groups in total. The Bertz CT molecular complexity index is 911. The minimum absolute atomic E-state index is 0.122. The van der Waals surface area contributed by atoms with E-state index in [2.05, 4.69) is 0 Å². The highest BCUT2D eigenvalue weighted by molar-refractivity contribution is 5.00. The van der Waals surface area contributed by atoms with Gasteiger partial charge in [-0.25, -0.2) is 0 Å². The molecule has 16 nitrogen and oxygen atoms in total. The Hall–Kier alpha value is -0.640.